The van der Waals surface area contributed by atoms with Crippen LogP contribution in [0.5, 0.6) is 0 Å². The molecule has 0 aliphatic heterocycles. The normalized spacial score (nSPS) is 17.8. The Morgan fingerprint density at radius 2 is 1.78 bits per heavy atom. The second-order valence-corrected chi connectivity index (χ2v) is 10.1. The first kappa shape index (κ1) is 24.4. The molecule has 0 spiro atoms. The molecule has 1 heterocycles. The maximum Gasteiger partial charge on any atom is 0.132 e. The summed E-state index contributed by atoms with van der Waals surface area (Å²) >= 11 is 8.86. The Kier molecular flexibility index (Phi) is 7.04. The molecule has 6 nitrogen and oxygen atoms in total. The Bertz CT molecular complexity index is 1490. The van der Waals surface area contributed by atoms with Gasteiger partial charge in [0.25, 0.3) is 0 Å². The fraction of sp³-hybridized carbons (Fsp3) is 0.107. The second kappa shape index (κ2) is 10.4. The fourth-order valence-electron chi connectivity index (χ4n) is 4.32. The van der Waals surface area contributed by atoms with Crippen LogP contribution in [0.2, 0.25) is 5.02 Å². The van der Waals surface area contributed by atoms with Crippen molar-refractivity contribution in [3.8, 4) is 11.3 Å². The highest BCUT2D eigenvalue weighted by atomic mass is 127. The van der Waals surface area contributed by atoms with Crippen molar-refractivity contribution in [2.75, 3.05) is 0 Å². The van der Waals surface area contributed by atoms with Crippen LogP contribution in [0.3, 0.4) is 0 Å². The zero-order valence-electron chi connectivity index (χ0n) is 19.1. The van der Waals surface area contributed by atoms with E-state index in [1.54, 1.807) is 18.3 Å². The number of aliphatic imine (C=N–C) groups is 2. The summed E-state index contributed by atoms with van der Waals surface area (Å²) in [6, 6.07) is 24.4. The third-order valence-corrected chi connectivity index (χ3v) is 7.38. The standard InChI is InChI=1S/C28H23ClIN5O/c29-22-13-17(27(31)35-26-19-6-2-1-5-16(19)14-25(26)36)8-10-20(22)28(32)34-18-9-11-23(30)21(15-18)24-7-3-4-12-33-24/h1-13,15,25-26,36H,14H2,(H2,31,35)(H2,32,34)/t25-,26+/m1/s1. The molecule has 36 heavy (non-hydrogen) atoms. The summed E-state index contributed by atoms with van der Waals surface area (Å²) in [5.41, 5.74) is 18.5. The van der Waals surface area contributed by atoms with Crippen LogP contribution in [0.15, 0.2) is 95.0 Å². The molecule has 0 saturated carbocycles. The quantitative estimate of drug-likeness (QED) is 0.160. The van der Waals surface area contributed by atoms with Gasteiger partial charge in [-0.3, -0.25) is 9.98 Å². The van der Waals surface area contributed by atoms with Gasteiger partial charge < -0.3 is 16.6 Å². The number of rotatable bonds is 5. The van der Waals surface area contributed by atoms with Gasteiger partial charge in [-0.05, 0) is 76.2 Å². The molecule has 0 saturated heterocycles. The molecule has 0 unspecified atom stereocenters. The molecule has 3 aromatic carbocycles. The number of amidine groups is 2. The van der Waals surface area contributed by atoms with Crippen LogP contribution in [0.4, 0.5) is 5.69 Å². The Morgan fingerprint density at radius 1 is 0.972 bits per heavy atom. The highest BCUT2D eigenvalue weighted by molar-refractivity contribution is 14.1. The lowest BCUT2D eigenvalue weighted by Crippen LogP contribution is -2.20. The van der Waals surface area contributed by atoms with Crippen molar-refractivity contribution >= 4 is 51.6 Å². The first-order chi connectivity index (χ1) is 17.4. The van der Waals surface area contributed by atoms with Crippen molar-refractivity contribution in [1.29, 1.82) is 0 Å². The minimum Gasteiger partial charge on any atom is -0.390 e. The van der Waals surface area contributed by atoms with E-state index in [4.69, 9.17) is 23.1 Å². The summed E-state index contributed by atoms with van der Waals surface area (Å²) in [6.45, 7) is 0. The average molecular weight is 608 g/mol. The molecular formula is C28H23ClIN5O. The molecule has 8 heteroatoms. The number of nitrogens with zero attached hydrogens (tertiary/aromatic N) is 3. The predicted molar refractivity (Wildman–Crippen MR) is 154 cm³/mol. The molecule has 1 aromatic heterocycles. The summed E-state index contributed by atoms with van der Waals surface area (Å²) in [6.07, 6.45) is 1.71. The van der Waals surface area contributed by atoms with E-state index in [0.29, 0.717) is 34.1 Å². The molecule has 0 radical (unpaired) electrons. The van der Waals surface area contributed by atoms with Crippen LogP contribution in [0.25, 0.3) is 11.3 Å². The van der Waals surface area contributed by atoms with Crippen LogP contribution >= 0.6 is 34.2 Å². The minimum absolute atomic E-state index is 0.287. The van der Waals surface area contributed by atoms with E-state index in [9.17, 15) is 5.11 Å². The summed E-state index contributed by atoms with van der Waals surface area (Å²) in [4.78, 5) is 13.6. The van der Waals surface area contributed by atoms with Gasteiger partial charge >= 0.3 is 0 Å². The number of nitrogens with two attached hydrogens (primary N) is 2. The Morgan fingerprint density at radius 3 is 2.56 bits per heavy atom. The summed E-state index contributed by atoms with van der Waals surface area (Å²) < 4.78 is 1.07. The van der Waals surface area contributed by atoms with Gasteiger partial charge in [-0.15, -0.1) is 0 Å². The number of hydrogen-bond acceptors (Lipinski definition) is 4. The average Bonchev–Trinajstić information content (AvgIpc) is 3.20. The van der Waals surface area contributed by atoms with Crippen molar-refractivity contribution < 1.29 is 5.11 Å². The molecule has 5 rings (SSSR count). The highest BCUT2D eigenvalue weighted by Crippen LogP contribution is 2.34. The minimum atomic E-state index is -0.608. The zero-order valence-corrected chi connectivity index (χ0v) is 22.1. The topological polar surface area (TPSA) is 110 Å². The molecule has 4 aromatic rings. The third-order valence-electron chi connectivity index (χ3n) is 6.13. The van der Waals surface area contributed by atoms with Crippen LogP contribution in [-0.2, 0) is 6.42 Å². The van der Waals surface area contributed by atoms with Gasteiger partial charge in [-0.1, -0.05) is 48.0 Å². The number of benzene rings is 3. The van der Waals surface area contributed by atoms with E-state index >= 15 is 0 Å². The SMILES string of the molecule is NC(=N[C@H]1c2ccccc2C[C@H]1O)c1ccc(C(N)=Nc2ccc(I)c(-c3ccccn3)c2)c(Cl)c1. The van der Waals surface area contributed by atoms with Crippen molar-refractivity contribution in [2.45, 2.75) is 18.6 Å². The van der Waals surface area contributed by atoms with E-state index in [0.717, 1.165) is 26.0 Å². The highest BCUT2D eigenvalue weighted by Gasteiger charge is 2.30. The molecule has 0 fully saturated rings. The van der Waals surface area contributed by atoms with Crippen molar-refractivity contribution in [1.82, 2.24) is 4.98 Å². The lowest BCUT2D eigenvalue weighted by atomic mass is 10.1. The van der Waals surface area contributed by atoms with Crippen molar-refractivity contribution in [3.05, 3.63) is 116 Å². The van der Waals surface area contributed by atoms with E-state index in [1.165, 1.54) is 0 Å². The zero-order chi connectivity index (χ0) is 25.2. The maximum absolute atomic E-state index is 10.5. The van der Waals surface area contributed by atoms with Crippen molar-refractivity contribution in [3.63, 3.8) is 0 Å². The second-order valence-electron chi connectivity index (χ2n) is 8.50. The van der Waals surface area contributed by atoms with E-state index in [-0.39, 0.29) is 5.84 Å². The molecule has 0 bridgehead atoms. The Labute approximate surface area is 227 Å². The first-order valence-electron chi connectivity index (χ1n) is 11.4. The molecule has 2 atom stereocenters. The molecule has 1 aliphatic carbocycles. The van der Waals surface area contributed by atoms with Gasteiger partial charge in [-0.25, -0.2) is 4.99 Å². The van der Waals surface area contributed by atoms with Crippen LogP contribution in [0, 0.1) is 3.57 Å². The van der Waals surface area contributed by atoms with E-state index in [2.05, 4.69) is 37.6 Å². The van der Waals surface area contributed by atoms with Gasteiger partial charge in [0.1, 0.15) is 17.7 Å². The monoisotopic (exact) mass is 607 g/mol. The number of hydrogen-bond donors (Lipinski definition) is 3. The van der Waals surface area contributed by atoms with Crippen LogP contribution in [-0.4, -0.2) is 27.9 Å². The number of aromatic nitrogens is 1. The molecular weight excluding hydrogens is 585 g/mol. The lowest BCUT2D eigenvalue weighted by molar-refractivity contribution is 0.159. The van der Waals surface area contributed by atoms with Crippen molar-refractivity contribution in [2.24, 2.45) is 21.5 Å². The smallest absolute Gasteiger partial charge is 0.132 e. The van der Waals surface area contributed by atoms with E-state index < -0.39 is 12.1 Å². The van der Waals surface area contributed by atoms with Gasteiger partial charge in [0.2, 0.25) is 0 Å². The predicted octanol–water partition coefficient (Wildman–Crippen LogP) is 5.41. The summed E-state index contributed by atoms with van der Waals surface area (Å²) in [5, 5.41) is 10.9. The Hall–Kier alpha value is -3.27. The number of halogens is 2. The number of aliphatic hydroxyl groups is 1. The molecule has 0 amide bonds. The summed E-state index contributed by atoms with van der Waals surface area (Å²) in [7, 11) is 0. The molecule has 1 aliphatic rings. The number of pyridine rings is 1. The van der Waals surface area contributed by atoms with Gasteiger partial charge in [0.15, 0.2) is 0 Å². The van der Waals surface area contributed by atoms with E-state index in [1.807, 2.05) is 66.7 Å². The first-order valence-corrected chi connectivity index (χ1v) is 12.8. The fourth-order valence-corrected chi connectivity index (χ4v) is 5.20. The Balaban J connectivity index is 1.41. The number of fused-ring (bicyclic) bond motifs is 1. The summed E-state index contributed by atoms with van der Waals surface area (Å²) in [5.74, 6) is 0.590. The lowest BCUT2D eigenvalue weighted by Gasteiger charge is -2.13. The molecule has 180 valence electrons. The van der Waals surface area contributed by atoms with Gasteiger partial charge in [0, 0.05) is 32.9 Å². The number of aliphatic hydroxyl groups excluding tert-OH is 1. The van der Waals surface area contributed by atoms with Crippen LogP contribution in [0.1, 0.15) is 28.3 Å². The largest absolute Gasteiger partial charge is 0.390 e. The van der Waals surface area contributed by atoms with Gasteiger partial charge in [0.05, 0.1) is 22.5 Å². The van der Waals surface area contributed by atoms with Crippen LogP contribution < -0.4 is 11.5 Å². The maximum atomic E-state index is 10.5. The third kappa shape index (κ3) is 5.00. The van der Waals surface area contributed by atoms with Gasteiger partial charge in [-0.2, -0.15) is 0 Å². The molecule has 5 N–H and O–H groups in total.